The van der Waals surface area contributed by atoms with E-state index in [1.807, 2.05) is 24.3 Å². The van der Waals surface area contributed by atoms with Gasteiger partial charge in [-0.25, -0.2) is 9.37 Å². The molecule has 0 amide bonds. The van der Waals surface area contributed by atoms with Crippen LogP contribution >= 0.6 is 0 Å². The van der Waals surface area contributed by atoms with E-state index in [1.165, 1.54) is 17.7 Å². The number of rotatable bonds is 5. The summed E-state index contributed by atoms with van der Waals surface area (Å²) in [4.78, 5) is 19.4. The molecule has 4 rings (SSSR count). The zero-order chi connectivity index (χ0) is 22.0. The molecule has 2 aromatic carbocycles. The second-order valence-corrected chi connectivity index (χ2v) is 7.16. The number of nitrogens with zero attached hydrogens (tertiary/aromatic N) is 3. The van der Waals surface area contributed by atoms with Crippen LogP contribution in [-0.2, 0) is 11.8 Å². The highest BCUT2D eigenvalue weighted by Gasteiger charge is 2.17. The van der Waals surface area contributed by atoms with Crippen LogP contribution in [0.1, 0.15) is 5.56 Å². The molecule has 160 valence electrons. The number of nitrogens with one attached hydrogen (secondary N) is 2. The Kier molecular flexibility index (Phi) is 5.68. The van der Waals surface area contributed by atoms with Gasteiger partial charge in [-0.2, -0.15) is 0 Å². The number of anilines is 3. The fraction of sp³-hybridized carbons (Fsp3) is 0.227. The Bertz CT molecular complexity index is 1210. The summed E-state index contributed by atoms with van der Waals surface area (Å²) in [7, 11) is 1.49. The molecule has 3 aromatic rings. The SMILES string of the molecule is Cn1c(=O)c(Nc2ccc(N3CCOCC3)cc2)nc2ccc(/C(C=N)=C/N)c(F)c21. The van der Waals surface area contributed by atoms with Crippen molar-refractivity contribution in [3.8, 4) is 0 Å². The van der Waals surface area contributed by atoms with Crippen LogP contribution in [0.15, 0.2) is 47.4 Å². The normalized spacial score (nSPS) is 14.6. The van der Waals surface area contributed by atoms with Crippen LogP contribution < -0.4 is 21.5 Å². The van der Waals surface area contributed by atoms with Gasteiger partial charge in [-0.3, -0.25) is 4.79 Å². The van der Waals surface area contributed by atoms with E-state index >= 15 is 4.39 Å². The highest BCUT2D eigenvalue weighted by atomic mass is 19.1. The highest BCUT2D eigenvalue weighted by molar-refractivity contribution is 6.09. The Morgan fingerprint density at radius 3 is 2.58 bits per heavy atom. The lowest BCUT2D eigenvalue weighted by Crippen LogP contribution is -2.36. The molecule has 1 fully saturated rings. The fourth-order valence-corrected chi connectivity index (χ4v) is 3.63. The lowest BCUT2D eigenvalue weighted by Gasteiger charge is -2.28. The number of hydrogen-bond acceptors (Lipinski definition) is 7. The first-order valence-corrected chi connectivity index (χ1v) is 9.85. The molecule has 8 nitrogen and oxygen atoms in total. The Balaban J connectivity index is 1.67. The molecule has 0 spiro atoms. The molecule has 0 unspecified atom stereocenters. The van der Waals surface area contributed by atoms with Gasteiger partial charge >= 0.3 is 0 Å². The van der Waals surface area contributed by atoms with E-state index in [4.69, 9.17) is 15.9 Å². The van der Waals surface area contributed by atoms with Crippen LogP contribution in [0, 0.1) is 11.2 Å². The third-order valence-corrected chi connectivity index (χ3v) is 5.32. The van der Waals surface area contributed by atoms with Crippen molar-refractivity contribution >= 4 is 40.0 Å². The van der Waals surface area contributed by atoms with Crippen molar-refractivity contribution in [2.45, 2.75) is 0 Å². The van der Waals surface area contributed by atoms with Crippen LogP contribution in [0.3, 0.4) is 0 Å². The number of morpholine rings is 1. The molecule has 0 bridgehead atoms. The summed E-state index contributed by atoms with van der Waals surface area (Å²) in [6.07, 6.45) is 2.12. The van der Waals surface area contributed by atoms with Gasteiger partial charge < -0.3 is 30.7 Å². The summed E-state index contributed by atoms with van der Waals surface area (Å²) >= 11 is 0. The number of ether oxygens (including phenoxy) is 1. The molecule has 1 aliphatic heterocycles. The minimum absolute atomic E-state index is 0.0527. The molecule has 0 saturated carbocycles. The van der Waals surface area contributed by atoms with Crippen molar-refractivity contribution in [3.05, 3.63) is 64.3 Å². The third kappa shape index (κ3) is 3.87. The van der Waals surface area contributed by atoms with Crippen LogP contribution in [-0.4, -0.2) is 42.1 Å². The van der Waals surface area contributed by atoms with Gasteiger partial charge in [0, 0.05) is 55.1 Å². The Morgan fingerprint density at radius 2 is 1.94 bits per heavy atom. The van der Waals surface area contributed by atoms with Crippen molar-refractivity contribution in [3.63, 3.8) is 0 Å². The molecule has 2 heterocycles. The number of hydrogen-bond donors (Lipinski definition) is 3. The zero-order valence-electron chi connectivity index (χ0n) is 17.1. The molecule has 0 radical (unpaired) electrons. The molecule has 1 aromatic heterocycles. The summed E-state index contributed by atoms with van der Waals surface area (Å²) in [6.45, 7) is 3.09. The molecule has 0 aliphatic carbocycles. The second kappa shape index (κ2) is 8.57. The second-order valence-electron chi connectivity index (χ2n) is 7.16. The Morgan fingerprint density at radius 1 is 1.23 bits per heavy atom. The van der Waals surface area contributed by atoms with Gasteiger partial charge in [-0.05, 0) is 36.4 Å². The monoisotopic (exact) mass is 422 g/mol. The van der Waals surface area contributed by atoms with E-state index in [0.29, 0.717) is 24.4 Å². The largest absolute Gasteiger partial charge is 0.404 e. The maximum atomic E-state index is 15.1. The average Bonchev–Trinajstić information content (AvgIpc) is 2.80. The lowest BCUT2D eigenvalue weighted by molar-refractivity contribution is 0.122. The summed E-state index contributed by atoms with van der Waals surface area (Å²) < 4.78 is 21.7. The van der Waals surface area contributed by atoms with Gasteiger partial charge in [0.1, 0.15) is 5.52 Å². The van der Waals surface area contributed by atoms with Crippen molar-refractivity contribution in [1.82, 2.24) is 9.55 Å². The van der Waals surface area contributed by atoms with Crippen molar-refractivity contribution in [1.29, 1.82) is 5.41 Å². The zero-order valence-corrected chi connectivity index (χ0v) is 17.1. The van der Waals surface area contributed by atoms with Crippen molar-refractivity contribution in [2.75, 3.05) is 36.5 Å². The predicted octanol–water partition coefficient (Wildman–Crippen LogP) is 2.60. The van der Waals surface area contributed by atoms with E-state index in [1.54, 1.807) is 6.07 Å². The Labute approximate surface area is 178 Å². The molecule has 1 saturated heterocycles. The number of allylic oxidation sites excluding steroid dienone is 1. The molecular formula is C22H23FN6O2. The fourth-order valence-electron chi connectivity index (χ4n) is 3.63. The average molecular weight is 422 g/mol. The minimum Gasteiger partial charge on any atom is -0.404 e. The van der Waals surface area contributed by atoms with Crippen LogP contribution in [0.25, 0.3) is 16.6 Å². The van der Waals surface area contributed by atoms with Gasteiger partial charge in [0.15, 0.2) is 11.6 Å². The van der Waals surface area contributed by atoms with Crippen molar-refractivity contribution < 1.29 is 9.13 Å². The Hall–Kier alpha value is -3.72. The number of benzene rings is 2. The van der Waals surface area contributed by atoms with Crippen molar-refractivity contribution in [2.24, 2.45) is 12.8 Å². The molecule has 0 atom stereocenters. The first-order chi connectivity index (χ1) is 15.0. The number of nitrogens with two attached hydrogens (primary N) is 1. The van der Waals surface area contributed by atoms with E-state index in [0.717, 1.165) is 31.2 Å². The number of aromatic nitrogens is 2. The standard InChI is InChI=1S/C22H23FN6O2/c1-28-20-18(7-6-17(19(20)23)14(12-24)13-25)27-21(22(28)30)26-15-2-4-16(5-3-15)29-8-10-31-11-9-29/h2-7,12-13,24H,8-11,25H2,1H3,(H,26,27)/b14-13+,24-12?. The number of aryl methyl sites for hydroxylation is 1. The highest BCUT2D eigenvalue weighted by Crippen LogP contribution is 2.25. The summed E-state index contributed by atoms with van der Waals surface area (Å²) in [5.74, 6) is -0.547. The number of fused-ring (bicyclic) bond motifs is 1. The molecular weight excluding hydrogens is 399 g/mol. The van der Waals surface area contributed by atoms with Gasteiger partial charge in [0.25, 0.3) is 5.56 Å². The van der Waals surface area contributed by atoms with E-state index in [-0.39, 0.29) is 22.5 Å². The molecule has 9 heteroatoms. The topological polar surface area (TPSA) is 109 Å². The summed E-state index contributed by atoms with van der Waals surface area (Å²) in [5, 5.41) is 10.4. The van der Waals surface area contributed by atoms with Crippen LogP contribution in [0.4, 0.5) is 21.6 Å². The lowest BCUT2D eigenvalue weighted by atomic mass is 10.1. The van der Waals surface area contributed by atoms with Gasteiger partial charge in [-0.1, -0.05) is 0 Å². The van der Waals surface area contributed by atoms with Gasteiger partial charge in [-0.15, -0.1) is 0 Å². The summed E-state index contributed by atoms with van der Waals surface area (Å²) in [5.41, 5.74) is 7.53. The number of halogens is 1. The molecule has 31 heavy (non-hydrogen) atoms. The van der Waals surface area contributed by atoms with E-state index in [2.05, 4.69) is 15.2 Å². The first kappa shape index (κ1) is 20.5. The van der Waals surface area contributed by atoms with Crippen LogP contribution in [0.2, 0.25) is 0 Å². The quantitative estimate of drug-likeness (QED) is 0.546. The summed E-state index contributed by atoms with van der Waals surface area (Å²) in [6, 6.07) is 10.8. The minimum atomic E-state index is -0.647. The van der Waals surface area contributed by atoms with Crippen LogP contribution in [0.5, 0.6) is 0 Å². The van der Waals surface area contributed by atoms with Gasteiger partial charge in [0.05, 0.1) is 18.7 Å². The van der Waals surface area contributed by atoms with E-state index < -0.39 is 11.4 Å². The maximum Gasteiger partial charge on any atom is 0.293 e. The maximum absolute atomic E-state index is 15.1. The first-order valence-electron chi connectivity index (χ1n) is 9.85. The van der Waals surface area contributed by atoms with E-state index in [9.17, 15) is 4.79 Å². The molecule has 1 aliphatic rings. The van der Waals surface area contributed by atoms with Gasteiger partial charge in [0.2, 0.25) is 0 Å². The molecule has 4 N–H and O–H groups in total. The third-order valence-electron chi connectivity index (χ3n) is 5.32. The smallest absolute Gasteiger partial charge is 0.293 e. The predicted molar refractivity (Wildman–Crippen MR) is 121 cm³/mol.